The first-order valence-electron chi connectivity index (χ1n) is 6.75. The summed E-state index contributed by atoms with van der Waals surface area (Å²) in [5, 5.41) is 3.49. The Balaban J connectivity index is 2.32. The number of rotatable bonds is 3. The molecule has 1 fully saturated rings. The van der Waals surface area contributed by atoms with Crippen LogP contribution in [0.3, 0.4) is 0 Å². The fourth-order valence-corrected chi connectivity index (χ4v) is 2.65. The van der Waals surface area contributed by atoms with Crippen LogP contribution in [0.5, 0.6) is 5.75 Å². The zero-order valence-electron chi connectivity index (χ0n) is 11.9. The van der Waals surface area contributed by atoms with Gasteiger partial charge >= 0.3 is 0 Å². The molecular formula is C15H24N2O. The first-order chi connectivity index (χ1) is 8.63. The van der Waals surface area contributed by atoms with E-state index in [1.807, 2.05) is 6.07 Å². The van der Waals surface area contributed by atoms with Gasteiger partial charge in [0, 0.05) is 37.4 Å². The maximum Gasteiger partial charge on any atom is 0.120 e. The molecule has 0 bridgehead atoms. The summed E-state index contributed by atoms with van der Waals surface area (Å²) >= 11 is 0. The van der Waals surface area contributed by atoms with Gasteiger partial charge in [0.25, 0.3) is 0 Å². The predicted octanol–water partition coefficient (Wildman–Crippen LogP) is 2.44. The molecule has 3 nitrogen and oxygen atoms in total. The van der Waals surface area contributed by atoms with Crippen LogP contribution in [-0.2, 0) is 0 Å². The highest BCUT2D eigenvalue weighted by Gasteiger charge is 2.26. The second kappa shape index (κ2) is 5.61. The van der Waals surface area contributed by atoms with Crippen molar-refractivity contribution < 1.29 is 4.74 Å². The van der Waals surface area contributed by atoms with E-state index in [4.69, 9.17) is 4.74 Å². The maximum absolute atomic E-state index is 5.35. The van der Waals surface area contributed by atoms with E-state index in [0.29, 0.717) is 12.0 Å². The molecule has 1 aliphatic heterocycles. The van der Waals surface area contributed by atoms with Gasteiger partial charge in [0.05, 0.1) is 7.11 Å². The molecule has 2 rings (SSSR count). The number of aryl methyl sites for hydroxylation is 1. The van der Waals surface area contributed by atoms with E-state index in [1.165, 1.54) is 11.3 Å². The van der Waals surface area contributed by atoms with Gasteiger partial charge in [-0.25, -0.2) is 0 Å². The summed E-state index contributed by atoms with van der Waals surface area (Å²) in [6.45, 7) is 9.94. The van der Waals surface area contributed by atoms with E-state index in [0.717, 1.165) is 25.4 Å². The fourth-order valence-electron chi connectivity index (χ4n) is 2.65. The van der Waals surface area contributed by atoms with Crippen molar-refractivity contribution in [3.8, 4) is 5.75 Å². The lowest BCUT2D eigenvalue weighted by molar-refractivity contribution is 0.388. The summed E-state index contributed by atoms with van der Waals surface area (Å²) in [6.07, 6.45) is 0. The molecule has 0 spiro atoms. The first-order valence-corrected chi connectivity index (χ1v) is 6.75. The van der Waals surface area contributed by atoms with Crippen LogP contribution in [0.2, 0.25) is 0 Å². The molecule has 0 aromatic heterocycles. The minimum atomic E-state index is 0.560. The topological polar surface area (TPSA) is 24.5 Å². The molecule has 1 atom stereocenters. The van der Waals surface area contributed by atoms with Crippen LogP contribution in [0.15, 0.2) is 18.2 Å². The number of piperazine rings is 1. The average Bonchev–Trinajstić information content (AvgIpc) is 2.39. The fraction of sp³-hybridized carbons (Fsp3) is 0.600. The summed E-state index contributed by atoms with van der Waals surface area (Å²) < 4.78 is 5.35. The maximum atomic E-state index is 5.35. The highest BCUT2D eigenvalue weighted by atomic mass is 16.5. The minimum absolute atomic E-state index is 0.560. The van der Waals surface area contributed by atoms with Gasteiger partial charge in [0.2, 0.25) is 0 Å². The summed E-state index contributed by atoms with van der Waals surface area (Å²) in [5.74, 6) is 1.58. The number of nitrogens with zero attached hydrogens (tertiary/aromatic N) is 1. The number of hydrogen-bond donors (Lipinski definition) is 1. The molecule has 18 heavy (non-hydrogen) atoms. The van der Waals surface area contributed by atoms with Gasteiger partial charge in [-0.1, -0.05) is 19.9 Å². The first kappa shape index (κ1) is 13.2. The van der Waals surface area contributed by atoms with Gasteiger partial charge in [-0.2, -0.15) is 0 Å². The third-order valence-electron chi connectivity index (χ3n) is 3.78. The number of hydrogen-bond acceptors (Lipinski definition) is 3. The smallest absolute Gasteiger partial charge is 0.120 e. The molecular weight excluding hydrogens is 224 g/mol. The van der Waals surface area contributed by atoms with Gasteiger partial charge in [0.1, 0.15) is 5.75 Å². The molecule has 1 saturated heterocycles. The van der Waals surface area contributed by atoms with Gasteiger partial charge < -0.3 is 15.0 Å². The Morgan fingerprint density at radius 1 is 1.39 bits per heavy atom. The molecule has 0 aliphatic carbocycles. The molecule has 1 aliphatic rings. The monoisotopic (exact) mass is 248 g/mol. The normalized spacial score (nSPS) is 20.3. The number of nitrogens with one attached hydrogen (secondary N) is 1. The molecule has 1 aromatic carbocycles. The molecule has 1 heterocycles. The van der Waals surface area contributed by atoms with Crippen LogP contribution in [0.4, 0.5) is 5.69 Å². The third kappa shape index (κ3) is 2.61. The van der Waals surface area contributed by atoms with E-state index in [9.17, 15) is 0 Å². The predicted molar refractivity (Wildman–Crippen MR) is 76.6 cm³/mol. The Bertz CT molecular complexity index is 403. The van der Waals surface area contributed by atoms with Gasteiger partial charge in [-0.15, -0.1) is 0 Å². The summed E-state index contributed by atoms with van der Waals surface area (Å²) in [4.78, 5) is 2.53. The second-order valence-corrected chi connectivity index (χ2v) is 5.36. The largest absolute Gasteiger partial charge is 0.497 e. The van der Waals surface area contributed by atoms with E-state index in [1.54, 1.807) is 7.11 Å². The Labute approximate surface area is 110 Å². The SMILES string of the molecule is COc1ccc(C)c(N2CCNCC2C(C)C)c1. The highest BCUT2D eigenvalue weighted by molar-refractivity contribution is 5.58. The van der Waals surface area contributed by atoms with Crippen molar-refractivity contribution in [1.82, 2.24) is 5.32 Å². The van der Waals surface area contributed by atoms with E-state index in [2.05, 4.69) is 43.1 Å². The van der Waals surface area contributed by atoms with E-state index < -0.39 is 0 Å². The van der Waals surface area contributed by atoms with Crippen LogP contribution in [0.25, 0.3) is 0 Å². The summed E-state index contributed by atoms with van der Waals surface area (Å²) in [5.41, 5.74) is 2.64. The van der Waals surface area contributed by atoms with Crippen molar-refractivity contribution >= 4 is 5.69 Å². The summed E-state index contributed by atoms with van der Waals surface area (Å²) in [7, 11) is 1.73. The van der Waals surface area contributed by atoms with Crippen LogP contribution >= 0.6 is 0 Å². The van der Waals surface area contributed by atoms with Crippen molar-refractivity contribution in [3.05, 3.63) is 23.8 Å². The number of methoxy groups -OCH3 is 1. The Hall–Kier alpha value is -1.22. The molecule has 0 radical (unpaired) electrons. The lowest BCUT2D eigenvalue weighted by Crippen LogP contribution is -2.54. The van der Waals surface area contributed by atoms with Crippen molar-refractivity contribution in [2.24, 2.45) is 5.92 Å². The molecule has 3 heteroatoms. The Morgan fingerprint density at radius 3 is 2.83 bits per heavy atom. The van der Waals surface area contributed by atoms with Crippen LogP contribution in [-0.4, -0.2) is 32.8 Å². The van der Waals surface area contributed by atoms with Crippen molar-refractivity contribution in [2.75, 3.05) is 31.6 Å². The average molecular weight is 248 g/mol. The van der Waals surface area contributed by atoms with E-state index >= 15 is 0 Å². The zero-order valence-corrected chi connectivity index (χ0v) is 11.9. The zero-order chi connectivity index (χ0) is 13.1. The highest BCUT2D eigenvalue weighted by Crippen LogP contribution is 2.29. The Morgan fingerprint density at radius 2 is 2.17 bits per heavy atom. The van der Waals surface area contributed by atoms with Crippen molar-refractivity contribution in [2.45, 2.75) is 26.8 Å². The van der Waals surface area contributed by atoms with Crippen molar-refractivity contribution in [1.29, 1.82) is 0 Å². The lowest BCUT2D eigenvalue weighted by atomic mass is 9.98. The number of anilines is 1. The van der Waals surface area contributed by atoms with Gasteiger partial charge in [-0.3, -0.25) is 0 Å². The van der Waals surface area contributed by atoms with Crippen LogP contribution < -0.4 is 15.0 Å². The van der Waals surface area contributed by atoms with Gasteiger partial charge in [0.15, 0.2) is 0 Å². The molecule has 1 N–H and O–H groups in total. The van der Waals surface area contributed by atoms with Crippen LogP contribution in [0, 0.1) is 12.8 Å². The minimum Gasteiger partial charge on any atom is -0.497 e. The summed E-state index contributed by atoms with van der Waals surface area (Å²) in [6, 6.07) is 6.90. The Kier molecular flexibility index (Phi) is 4.12. The molecule has 1 unspecified atom stereocenters. The molecule has 0 amide bonds. The second-order valence-electron chi connectivity index (χ2n) is 5.36. The number of benzene rings is 1. The standard InChI is InChI=1S/C15H24N2O/c1-11(2)15-10-16-7-8-17(15)14-9-13(18-4)6-5-12(14)3/h5-6,9,11,15-16H,7-8,10H2,1-4H3. The molecule has 100 valence electrons. The van der Waals surface area contributed by atoms with Crippen LogP contribution in [0.1, 0.15) is 19.4 Å². The lowest BCUT2D eigenvalue weighted by Gasteiger charge is -2.41. The van der Waals surface area contributed by atoms with Crippen molar-refractivity contribution in [3.63, 3.8) is 0 Å². The number of ether oxygens (including phenoxy) is 1. The van der Waals surface area contributed by atoms with E-state index in [-0.39, 0.29) is 0 Å². The molecule has 0 saturated carbocycles. The molecule has 1 aromatic rings. The van der Waals surface area contributed by atoms with Gasteiger partial charge in [-0.05, 0) is 24.5 Å². The third-order valence-corrected chi connectivity index (χ3v) is 3.78. The quantitative estimate of drug-likeness (QED) is 0.889.